The third kappa shape index (κ3) is 4.76. The summed E-state index contributed by atoms with van der Waals surface area (Å²) < 4.78 is 20.4. The number of aromatic nitrogens is 2. The standard InChI is InChI=1S/C22H24FN3O2/c1-3-21-20(15-24-26(21)16-17-7-5-4-6-8-17)22(27)25(2)13-14-28-19-11-9-18(23)10-12-19/h4-12,15H,3,13-14,16H2,1-2H3. The lowest BCUT2D eigenvalue weighted by Crippen LogP contribution is -2.31. The lowest BCUT2D eigenvalue weighted by atomic mass is 10.1. The van der Waals surface area contributed by atoms with Gasteiger partial charge in [0, 0.05) is 7.05 Å². The molecule has 1 aromatic heterocycles. The third-order valence-corrected chi connectivity index (χ3v) is 4.54. The Morgan fingerprint density at radius 3 is 2.54 bits per heavy atom. The summed E-state index contributed by atoms with van der Waals surface area (Å²) in [4.78, 5) is 14.5. The molecule has 6 heteroatoms. The Balaban J connectivity index is 1.61. The number of carbonyl (C=O) groups excluding carboxylic acids is 1. The van der Waals surface area contributed by atoms with Crippen molar-refractivity contribution in [3.63, 3.8) is 0 Å². The fourth-order valence-corrected chi connectivity index (χ4v) is 2.99. The van der Waals surface area contributed by atoms with Gasteiger partial charge in [-0.2, -0.15) is 5.10 Å². The number of benzene rings is 2. The van der Waals surface area contributed by atoms with E-state index in [0.29, 0.717) is 37.4 Å². The third-order valence-electron chi connectivity index (χ3n) is 4.54. The normalized spacial score (nSPS) is 10.7. The fourth-order valence-electron chi connectivity index (χ4n) is 2.99. The van der Waals surface area contributed by atoms with Crippen LogP contribution in [0.2, 0.25) is 0 Å². The molecule has 2 aromatic carbocycles. The van der Waals surface area contributed by atoms with Crippen molar-refractivity contribution in [2.45, 2.75) is 19.9 Å². The first-order valence-electron chi connectivity index (χ1n) is 9.31. The van der Waals surface area contributed by atoms with Crippen LogP contribution < -0.4 is 4.74 Å². The summed E-state index contributed by atoms with van der Waals surface area (Å²) in [7, 11) is 1.74. The Labute approximate surface area is 164 Å². The summed E-state index contributed by atoms with van der Waals surface area (Å²) >= 11 is 0. The number of hydrogen-bond acceptors (Lipinski definition) is 3. The van der Waals surface area contributed by atoms with Gasteiger partial charge >= 0.3 is 0 Å². The first-order valence-corrected chi connectivity index (χ1v) is 9.31. The van der Waals surface area contributed by atoms with Crippen LogP contribution in [-0.2, 0) is 13.0 Å². The molecular formula is C22H24FN3O2. The van der Waals surface area contributed by atoms with Crippen LogP contribution in [0.3, 0.4) is 0 Å². The molecule has 28 heavy (non-hydrogen) atoms. The van der Waals surface area contributed by atoms with E-state index >= 15 is 0 Å². The summed E-state index contributed by atoms with van der Waals surface area (Å²) in [6, 6.07) is 15.9. The lowest BCUT2D eigenvalue weighted by molar-refractivity contribution is 0.0772. The lowest BCUT2D eigenvalue weighted by Gasteiger charge is -2.18. The Bertz CT molecular complexity index is 907. The Morgan fingerprint density at radius 1 is 1.14 bits per heavy atom. The monoisotopic (exact) mass is 381 g/mol. The average Bonchev–Trinajstić information content (AvgIpc) is 3.12. The van der Waals surface area contributed by atoms with Gasteiger partial charge in [0.1, 0.15) is 18.2 Å². The second-order valence-corrected chi connectivity index (χ2v) is 6.53. The molecular weight excluding hydrogens is 357 g/mol. The summed E-state index contributed by atoms with van der Waals surface area (Å²) in [5.41, 5.74) is 2.67. The minimum Gasteiger partial charge on any atom is -0.492 e. The van der Waals surface area contributed by atoms with Crippen LogP contribution in [0.5, 0.6) is 5.75 Å². The molecule has 0 bridgehead atoms. The topological polar surface area (TPSA) is 47.4 Å². The number of ether oxygens (including phenoxy) is 1. The second kappa shape index (κ2) is 9.17. The van der Waals surface area contributed by atoms with E-state index in [9.17, 15) is 9.18 Å². The van der Waals surface area contributed by atoms with E-state index in [0.717, 1.165) is 11.3 Å². The van der Waals surface area contributed by atoms with Gasteiger partial charge in [-0.3, -0.25) is 9.48 Å². The zero-order valence-electron chi connectivity index (χ0n) is 16.1. The largest absolute Gasteiger partial charge is 0.492 e. The molecule has 0 fully saturated rings. The molecule has 1 amide bonds. The smallest absolute Gasteiger partial charge is 0.257 e. The molecule has 3 rings (SSSR count). The molecule has 0 saturated heterocycles. The number of hydrogen-bond donors (Lipinski definition) is 0. The van der Waals surface area contributed by atoms with Gasteiger partial charge in [0.05, 0.1) is 30.5 Å². The van der Waals surface area contributed by atoms with Gasteiger partial charge in [-0.05, 0) is 36.2 Å². The van der Waals surface area contributed by atoms with Crippen LogP contribution >= 0.6 is 0 Å². The van der Waals surface area contributed by atoms with Crippen LogP contribution in [0.25, 0.3) is 0 Å². The molecule has 0 aliphatic heterocycles. The molecule has 0 radical (unpaired) electrons. The maximum atomic E-state index is 12.9. The first kappa shape index (κ1) is 19.6. The van der Waals surface area contributed by atoms with Crippen LogP contribution in [0, 0.1) is 5.82 Å². The summed E-state index contributed by atoms with van der Waals surface area (Å²) in [5, 5.41) is 4.42. The highest BCUT2D eigenvalue weighted by Gasteiger charge is 2.19. The van der Waals surface area contributed by atoms with Crippen molar-refractivity contribution in [2.75, 3.05) is 20.2 Å². The maximum absolute atomic E-state index is 12.9. The zero-order valence-corrected chi connectivity index (χ0v) is 16.1. The van der Waals surface area contributed by atoms with E-state index in [4.69, 9.17) is 4.74 Å². The SMILES string of the molecule is CCc1c(C(=O)N(C)CCOc2ccc(F)cc2)cnn1Cc1ccccc1. The van der Waals surface area contributed by atoms with Gasteiger partial charge in [-0.15, -0.1) is 0 Å². The fraction of sp³-hybridized carbons (Fsp3) is 0.273. The van der Waals surface area contributed by atoms with Gasteiger partial charge in [-0.1, -0.05) is 37.3 Å². The highest BCUT2D eigenvalue weighted by molar-refractivity contribution is 5.95. The highest BCUT2D eigenvalue weighted by atomic mass is 19.1. The van der Waals surface area contributed by atoms with Crippen molar-refractivity contribution in [1.82, 2.24) is 14.7 Å². The van der Waals surface area contributed by atoms with Gasteiger partial charge in [-0.25, -0.2) is 4.39 Å². The van der Waals surface area contributed by atoms with E-state index < -0.39 is 0 Å². The van der Waals surface area contributed by atoms with Crippen molar-refractivity contribution in [3.8, 4) is 5.75 Å². The number of carbonyl (C=O) groups is 1. The average molecular weight is 381 g/mol. The predicted molar refractivity (Wildman–Crippen MR) is 106 cm³/mol. The molecule has 146 valence electrons. The molecule has 0 saturated carbocycles. The number of likely N-dealkylation sites (N-methyl/N-ethyl adjacent to an activating group) is 1. The van der Waals surface area contributed by atoms with Gasteiger partial charge < -0.3 is 9.64 Å². The first-order chi connectivity index (χ1) is 13.6. The van der Waals surface area contributed by atoms with Crippen molar-refractivity contribution in [3.05, 3.63) is 83.4 Å². The van der Waals surface area contributed by atoms with Crippen LogP contribution in [0.15, 0.2) is 60.8 Å². The van der Waals surface area contributed by atoms with E-state index in [-0.39, 0.29) is 11.7 Å². The number of amides is 1. The molecule has 0 spiro atoms. The van der Waals surface area contributed by atoms with Gasteiger partial charge in [0.15, 0.2) is 0 Å². The molecule has 3 aromatic rings. The Kier molecular flexibility index (Phi) is 6.42. The highest BCUT2D eigenvalue weighted by Crippen LogP contribution is 2.15. The number of rotatable bonds is 8. The predicted octanol–water partition coefficient (Wildman–Crippen LogP) is 3.78. The van der Waals surface area contributed by atoms with Crippen LogP contribution in [0.1, 0.15) is 28.5 Å². The van der Waals surface area contributed by atoms with Crippen molar-refractivity contribution in [1.29, 1.82) is 0 Å². The molecule has 0 aliphatic carbocycles. The van der Waals surface area contributed by atoms with E-state index in [1.54, 1.807) is 30.3 Å². The minimum atomic E-state index is -0.306. The molecule has 1 heterocycles. The molecule has 0 N–H and O–H groups in total. The summed E-state index contributed by atoms with van der Waals surface area (Å²) in [5.74, 6) is 0.185. The van der Waals surface area contributed by atoms with E-state index in [2.05, 4.69) is 5.10 Å². The Morgan fingerprint density at radius 2 is 1.86 bits per heavy atom. The van der Waals surface area contributed by atoms with Crippen molar-refractivity contribution >= 4 is 5.91 Å². The van der Waals surface area contributed by atoms with Gasteiger partial charge in [0.25, 0.3) is 5.91 Å². The zero-order chi connectivity index (χ0) is 19.9. The second-order valence-electron chi connectivity index (χ2n) is 6.53. The van der Waals surface area contributed by atoms with Crippen molar-refractivity contribution in [2.24, 2.45) is 0 Å². The van der Waals surface area contributed by atoms with Crippen LogP contribution in [-0.4, -0.2) is 40.8 Å². The molecule has 0 unspecified atom stereocenters. The molecule has 0 aliphatic rings. The maximum Gasteiger partial charge on any atom is 0.257 e. The van der Waals surface area contributed by atoms with E-state index in [1.807, 2.05) is 41.9 Å². The number of nitrogens with zero attached hydrogens (tertiary/aromatic N) is 3. The molecule has 0 atom stereocenters. The minimum absolute atomic E-state index is 0.0844. The van der Waals surface area contributed by atoms with E-state index in [1.165, 1.54) is 12.1 Å². The van der Waals surface area contributed by atoms with Crippen molar-refractivity contribution < 1.29 is 13.9 Å². The number of halogens is 1. The summed E-state index contributed by atoms with van der Waals surface area (Å²) in [6.07, 6.45) is 2.36. The van der Waals surface area contributed by atoms with Gasteiger partial charge in [0.2, 0.25) is 0 Å². The Hall–Kier alpha value is -3.15. The van der Waals surface area contributed by atoms with Crippen LogP contribution in [0.4, 0.5) is 4.39 Å². The summed E-state index contributed by atoms with van der Waals surface area (Å²) in [6.45, 7) is 3.40. The quantitative estimate of drug-likeness (QED) is 0.597. The molecule has 5 nitrogen and oxygen atoms in total.